The van der Waals surface area contributed by atoms with Crippen LogP contribution in [-0.4, -0.2) is 24.9 Å². The number of para-hydroxylation sites is 1. The number of benzene rings is 3. The summed E-state index contributed by atoms with van der Waals surface area (Å²) >= 11 is 13.1. The number of halogens is 2. The monoisotopic (exact) mass is 718 g/mol. The fourth-order valence-electron chi connectivity index (χ4n) is 4.92. The van der Waals surface area contributed by atoms with Crippen LogP contribution in [0.4, 0.5) is 0 Å². The van der Waals surface area contributed by atoms with Gasteiger partial charge in [0.2, 0.25) is 6.10 Å². The van der Waals surface area contributed by atoms with E-state index in [1.807, 2.05) is 95.5 Å². The Morgan fingerprint density at radius 3 is 2.32 bits per heavy atom. The maximum absolute atomic E-state index is 12.6. The second-order valence-electron chi connectivity index (χ2n) is 11.6. The van der Waals surface area contributed by atoms with Gasteiger partial charge in [-0.2, -0.15) is 5.26 Å². The lowest BCUT2D eigenvalue weighted by Gasteiger charge is -2.21. The van der Waals surface area contributed by atoms with Gasteiger partial charge in [0.15, 0.2) is 0 Å². The van der Waals surface area contributed by atoms with Crippen LogP contribution in [0, 0.1) is 35.5 Å². The number of allylic oxidation sites excluding steroid dienone is 1. The first-order chi connectivity index (χ1) is 22.2. The van der Waals surface area contributed by atoms with Gasteiger partial charge in [-0.1, -0.05) is 67.4 Å². The van der Waals surface area contributed by atoms with Crippen LogP contribution in [0.15, 0.2) is 88.3 Å². The first-order valence-corrected chi connectivity index (χ1v) is 18.6. The molecule has 3 aromatic rings. The second kappa shape index (κ2) is 17.4. The molecule has 12 heteroatoms. The Kier molecular flexibility index (Phi) is 14.3. The number of aryl methyl sites for hydroxylation is 1. The molecule has 0 aromatic heterocycles. The number of carbonyl (C=O) groups is 1. The molecule has 1 N–H and O–H groups in total. The van der Waals surface area contributed by atoms with Gasteiger partial charge in [0, 0.05) is 16.5 Å². The number of carbonyl (C=O) groups excluding carboxylic acids is 1. The number of nitrogens with zero attached hydrogens (tertiary/aromatic N) is 1. The molecular weight excluding hydrogens is 678 g/mol. The van der Waals surface area contributed by atoms with E-state index in [-0.39, 0.29) is 27.8 Å². The minimum atomic E-state index is -3.30. The molecule has 1 aliphatic carbocycles. The summed E-state index contributed by atoms with van der Waals surface area (Å²) in [5.74, 6) is 0.845. The predicted octanol–water partition coefficient (Wildman–Crippen LogP) is 10.4. The summed E-state index contributed by atoms with van der Waals surface area (Å²) in [5, 5.41) is 12.4. The van der Waals surface area contributed by atoms with E-state index in [2.05, 4.69) is 5.09 Å². The highest BCUT2D eigenvalue weighted by molar-refractivity contribution is 7.98. The molecule has 0 saturated heterocycles. The molecule has 4 rings (SSSR count). The number of rotatable bonds is 13. The number of ether oxygens (including phenoxy) is 2. The van der Waals surface area contributed by atoms with Gasteiger partial charge in [-0.25, -0.2) is 9.65 Å². The van der Waals surface area contributed by atoms with Gasteiger partial charge < -0.3 is 14.0 Å². The van der Waals surface area contributed by atoms with E-state index in [1.165, 1.54) is 4.90 Å². The summed E-state index contributed by atoms with van der Waals surface area (Å²) in [6.07, 6.45) is 2.64. The molecule has 0 amide bonds. The lowest BCUT2D eigenvalue weighted by Crippen LogP contribution is -2.23. The normalized spacial score (nSPS) is 18.0. The van der Waals surface area contributed by atoms with E-state index < -0.39 is 19.8 Å². The summed E-state index contributed by atoms with van der Waals surface area (Å²) in [6, 6.07) is 24.0. The molecule has 4 atom stereocenters. The number of esters is 1. The van der Waals surface area contributed by atoms with E-state index >= 15 is 0 Å². The number of nitriles is 1. The second-order valence-corrected chi connectivity index (χ2v) is 15.2. The van der Waals surface area contributed by atoms with Gasteiger partial charge in [0.25, 0.3) is 0 Å². The first-order valence-electron chi connectivity index (χ1n) is 15.0. The van der Waals surface area contributed by atoms with Crippen molar-refractivity contribution < 1.29 is 27.9 Å². The van der Waals surface area contributed by atoms with Gasteiger partial charge in [-0.05, 0) is 99.4 Å². The smallest absolute Gasteiger partial charge is 0.457 e. The van der Waals surface area contributed by atoms with Crippen molar-refractivity contribution in [3.63, 3.8) is 0 Å². The Morgan fingerprint density at radius 1 is 1.06 bits per heavy atom. The molecular formula is C35H41Cl2N2O6PS. The molecule has 1 aliphatic rings. The van der Waals surface area contributed by atoms with Crippen LogP contribution in [0.3, 0.4) is 0 Å². The van der Waals surface area contributed by atoms with E-state index in [4.69, 9.17) is 41.7 Å². The van der Waals surface area contributed by atoms with Crippen LogP contribution in [0.2, 0.25) is 0 Å². The fraction of sp³-hybridized carbons (Fsp3) is 0.371. The summed E-state index contributed by atoms with van der Waals surface area (Å²) in [7, 11) is -3.30. The van der Waals surface area contributed by atoms with Crippen molar-refractivity contribution in [3.8, 4) is 23.3 Å². The van der Waals surface area contributed by atoms with Gasteiger partial charge in [-0.15, -0.1) is 11.8 Å². The van der Waals surface area contributed by atoms with Crippen LogP contribution < -0.4 is 14.3 Å². The molecule has 8 nitrogen and oxygen atoms in total. The quantitative estimate of drug-likeness (QED) is 0.105. The Balaban J connectivity index is 0.000000277. The van der Waals surface area contributed by atoms with Crippen molar-refractivity contribution in [1.29, 1.82) is 5.26 Å². The molecule has 0 heterocycles. The largest absolute Gasteiger partial charge is 0.458 e. The van der Waals surface area contributed by atoms with Crippen molar-refractivity contribution in [2.24, 2.45) is 17.3 Å². The molecule has 252 valence electrons. The highest BCUT2D eigenvalue weighted by Gasteiger charge is 2.62. The standard InChI is InChI=1S/C22H19Cl2NO3.C13H22NO3PS/c1-22(2)17(12-19(23)24)20(22)21(26)28-18(13-25)14-7-6-10-16(11-14)27-15-8-4-3-5-9-15;1-6-16-18(15,14-10(2)3)17-12-7-8-13(19-5)11(4)9-12/h3-12,17-18,20H,1-2H3;7-10H,6H2,1-5H3,(H,14,15)/t17?,18-,20?;/m1./s1. The van der Waals surface area contributed by atoms with E-state index in [0.29, 0.717) is 29.4 Å². The maximum Gasteiger partial charge on any atom is 0.458 e. The summed E-state index contributed by atoms with van der Waals surface area (Å²) < 4.78 is 34.7. The molecule has 0 aliphatic heterocycles. The molecule has 1 saturated carbocycles. The third-order valence-electron chi connectivity index (χ3n) is 7.27. The number of hydrogen-bond donors (Lipinski definition) is 1. The van der Waals surface area contributed by atoms with Crippen molar-refractivity contribution in [2.75, 3.05) is 12.9 Å². The van der Waals surface area contributed by atoms with E-state index in [0.717, 1.165) is 5.56 Å². The van der Waals surface area contributed by atoms with E-state index in [9.17, 15) is 14.6 Å². The fourth-order valence-corrected chi connectivity index (χ4v) is 7.32. The highest BCUT2D eigenvalue weighted by atomic mass is 35.5. The average Bonchev–Trinajstić information content (AvgIpc) is 3.54. The molecule has 3 unspecified atom stereocenters. The number of nitrogens with one attached hydrogen (secondary N) is 1. The lowest BCUT2D eigenvalue weighted by atomic mass is 10.1. The van der Waals surface area contributed by atoms with Gasteiger partial charge in [-0.3, -0.25) is 9.32 Å². The van der Waals surface area contributed by atoms with Crippen molar-refractivity contribution in [1.82, 2.24) is 5.09 Å². The highest BCUT2D eigenvalue weighted by Crippen LogP contribution is 2.60. The SMILES string of the molecule is CC1(C)C(C=C(Cl)Cl)C1C(=O)O[C@H](C#N)c1cccc(Oc2ccccc2)c1.CCOP(=O)(NC(C)C)Oc1ccc(SC)c(C)c1. The van der Waals surface area contributed by atoms with Crippen LogP contribution in [0.5, 0.6) is 17.2 Å². The van der Waals surface area contributed by atoms with Gasteiger partial charge >= 0.3 is 13.7 Å². The maximum atomic E-state index is 12.6. The number of hydrogen-bond acceptors (Lipinski definition) is 8. The zero-order valence-corrected chi connectivity index (χ0v) is 30.8. The van der Waals surface area contributed by atoms with Crippen LogP contribution in [0.25, 0.3) is 0 Å². The van der Waals surface area contributed by atoms with Crippen molar-refractivity contribution >= 4 is 48.7 Å². The number of thioether (sulfide) groups is 1. The predicted molar refractivity (Wildman–Crippen MR) is 189 cm³/mol. The van der Waals surface area contributed by atoms with Crippen LogP contribution >= 0.6 is 42.7 Å². The molecule has 47 heavy (non-hydrogen) atoms. The van der Waals surface area contributed by atoms with Crippen LogP contribution in [0.1, 0.15) is 51.8 Å². The van der Waals surface area contributed by atoms with E-state index in [1.54, 1.807) is 49.0 Å². The third-order valence-corrected chi connectivity index (χ3v) is 10.3. The van der Waals surface area contributed by atoms with Crippen LogP contribution in [-0.2, 0) is 18.6 Å². The van der Waals surface area contributed by atoms with Crippen molar-refractivity contribution in [2.45, 2.75) is 58.6 Å². The summed E-state index contributed by atoms with van der Waals surface area (Å²) in [4.78, 5) is 13.8. The Bertz CT molecular complexity index is 1630. The molecule has 0 bridgehead atoms. The Labute approximate surface area is 292 Å². The molecule has 0 radical (unpaired) electrons. The minimum Gasteiger partial charge on any atom is -0.457 e. The Morgan fingerprint density at radius 2 is 1.74 bits per heavy atom. The van der Waals surface area contributed by atoms with Gasteiger partial charge in [0.05, 0.1) is 12.5 Å². The van der Waals surface area contributed by atoms with Crippen molar-refractivity contribution in [3.05, 3.63) is 94.5 Å². The summed E-state index contributed by atoms with van der Waals surface area (Å²) in [5.41, 5.74) is 1.33. The minimum absolute atomic E-state index is 0.0175. The zero-order chi connectivity index (χ0) is 34.8. The van der Waals surface area contributed by atoms with Gasteiger partial charge in [0.1, 0.15) is 27.8 Å². The zero-order valence-electron chi connectivity index (χ0n) is 27.5. The molecule has 0 spiro atoms. The average molecular weight is 720 g/mol. The lowest BCUT2D eigenvalue weighted by molar-refractivity contribution is -0.149. The molecule has 3 aromatic carbocycles. The molecule has 1 fully saturated rings. The topological polar surface area (TPSA) is 107 Å². The first kappa shape index (κ1) is 38.5. The third kappa shape index (κ3) is 11.3. The Hall–Kier alpha value is -2.96. The summed E-state index contributed by atoms with van der Waals surface area (Å²) in [6.45, 7) is 11.8.